The van der Waals surface area contributed by atoms with E-state index in [-0.39, 0.29) is 29.7 Å². The maximum atomic E-state index is 14.9. The Hall–Kier alpha value is -4.62. The predicted molar refractivity (Wildman–Crippen MR) is 169 cm³/mol. The quantitative estimate of drug-likeness (QED) is 0.132. The lowest BCUT2D eigenvalue weighted by molar-refractivity contribution is -0.122. The lowest BCUT2D eigenvalue weighted by Gasteiger charge is -2.28. The summed E-state index contributed by atoms with van der Waals surface area (Å²) in [7, 11) is 1.27. The Labute approximate surface area is 260 Å². The highest BCUT2D eigenvalue weighted by atomic mass is 19.2. The average molecular weight is 623 g/mol. The number of hydrogen-bond acceptors (Lipinski definition) is 8. The molecule has 1 atom stereocenters. The number of benzene rings is 2. The minimum absolute atomic E-state index is 0.0226. The molecule has 0 radical (unpaired) electrons. The molecule has 0 aliphatic heterocycles. The number of carbonyl (C=O) groups excluding carboxylic acids is 2. The van der Waals surface area contributed by atoms with Crippen molar-refractivity contribution in [3.63, 3.8) is 0 Å². The van der Waals surface area contributed by atoms with Crippen LogP contribution in [-0.2, 0) is 11.2 Å². The van der Waals surface area contributed by atoms with Crippen molar-refractivity contribution >= 4 is 29.0 Å². The monoisotopic (exact) mass is 622 g/mol. The van der Waals surface area contributed by atoms with Gasteiger partial charge in [-0.3, -0.25) is 14.0 Å². The highest BCUT2D eigenvalue weighted by Gasteiger charge is 2.25. The number of ether oxygens (including phenoxy) is 1. The number of methoxy groups -OCH3 is 1. The summed E-state index contributed by atoms with van der Waals surface area (Å²) in [5.74, 6) is -2.49. The minimum atomic E-state index is -1.08. The molecule has 2 amide bonds. The molecule has 0 aliphatic rings. The molecule has 0 saturated heterocycles. The molecule has 2 aromatic heterocycles. The largest absolute Gasteiger partial charge is 0.494 e. The van der Waals surface area contributed by atoms with E-state index in [0.717, 1.165) is 18.4 Å². The Morgan fingerprint density at radius 3 is 2.60 bits per heavy atom. The Kier molecular flexibility index (Phi) is 10.7. The number of nitrogens with two attached hydrogens (primary N) is 2. The van der Waals surface area contributed by atoms with E-state index in [1.54, 1.807) is 22.7 Å². The summed E-state index contributed by atoms with van der Waals surface area (Å²) in [5, 5.41) is 9.05. The van der Waals surface area contributed by atoms with Crippen LogP contribution in [0.3, 0.4) is 0 Å². The summed E-state index contributed by atoms with van der Waals surface area (Å²) in [4.78, 5) is 34.5. The Morgan fingerprint density at radius 1 is 1.11 bits per heavy atom. The molecule has 2 heterocycles. The normalized spacial score (nSPS) is 12.2. The number of halogens is 2. The third-order valence-corrected chi connectivity index (χ3v) is 7.43. The van der Waals surface area contributed by atoms with Gasteiger partial charge < -0.3 is 32.2 Å². The van der Waals surface area contributed by atoms with Gasteiger partial charge in [-0.05, 0) is 75.5 Å². The molecular formula is C32H40F2N8O3. The van der Waals surface area contributed by atoms with Gasteiger partial charge in [0.15, 0.2) is 23.0 Å². The summed E-state index contributed by atoms with van der Waals surface area (Å²) in [5.41, 5.74) is 13.4. The van der Waals surface area contributed by atoms with Crippen molar-refractivity contribution in [2.75, 3.05) is 25.5 Å². The second kappa shape index (κ2) is 14.4. The standard InChI is InChI=1S/C32H40F2N8O3/c1-5-19-16-20(9-10-21(19)30(43)41-32(2,3)18-39-31(44)23(36)8-6-7-13-35)40-28-29-38-17-24(42(29)15-14-37-28)22-11-12-25(45-4)27(34)26(22)33/h9-12,14-17,23H,5-8,13,18,35-36H2,1-4H3,(H,37,40)(H,39,44)(H,41,43)/t23-/m0/s1. The number of fused-ring (bicyclic) bond motifs is 1. The van der Waals surface area contributed by atoms with E-state index in [4.69, 9.17) is 16.2 Å². The molecule has 2 aromatic carbocycles. The van der Waals surface area contributed by atoms with Gasteiger partial charge in [-0.25, -0.2) is 14.4 Å². The van der Waals surface area contributed by atoms with Crippen LogP contribution in [0.1, 0.15) is 56.0 Å². The number of carbonyl (C=O) groups is 2. The molecule has 45 heavy (non-hydrogen) atoms. The predicted octanol–water partition coefficient (Wildman–Crippen LogP) is 4.07. The summed E-state index contributed by atoms with van der Waals surface area (Å²) < 4.78 is 35.7. The number of nitrogens with zero attached hydrogens (tertiary/aromatic N) is 3. The number of aryl methyl sites for hydroxylation is 1. The molecule has 0 spiro atoms. The van der Waals surface area contributed by atoms with Crippen LogP contribution in [0.4, 0.5) is 20.3 Å². The van der Waals surface area contributed by atoms with E-state index in [1.807, 2.05) is 26.8 Å². The maximum Gasteiger partial charge on any atom is 0.252 e. The van der Waals surface area contributed by atoms with Crippen molar-refractivity contribution in [1.82, 2.24) is 25.0 Å². The third kappa shape index (κ3) is 7.73. The van der Waals surface area contributed by atoms with Crippen LogP contribution in [0.15, 0.2) is 48.9 Å². The van der Waals surface area contributed by atoms with Crippen molar-refractivity contribution in [3.8, 4) is 17.0 Å². The third-order valence-electron chi connectivity index (χ3n) is 7.43. The van der Waals surface area contributed by atoms with Gasteiger partial charge in [0.1, 0.15) is 0 Å². The molecule has 11 nitrogen and oxygen atoms in total. The molecule has 4 rings (SSSR count). The van der Waals surface area contributed by atoms with Crippen LogP contribution in [0, 0.1) is 11.6 Å². The Morgan fingerprint density at radius 2 is 1.89 bits per heavy atom. The number of anilines is 2. The van der Waals surface area contributed by atoms with Crippen LogP contribution in [0.25, 0.3) is 16.9 Å². The number of hydrogen-bond donors (Lipinski definition) is 5. The van der Waals surface area contributed by atoms with E-state index in [9.17, 15) is 18.4 Å². The van der Waals surface area contributed by atoms with E-state index in [0.29, 0.717) is 47.8 Å². The number of amides is 2. The van der Waals surface area contributed by atoms with Crippen LogP contribution < -0.4 is 32.2 Å². The topological polar surface area (TPSA) is 162 Å². The first-order valence-electron chi connectivity index (χ1n) is 14.8. The molecule has 0 bridgehead atoms. The first kappa shape index (κ1) is 33.3. The Bertz CT molecular complexity index is 1670. The van der Waals surface area contributed by atoms with Gasteiger partial charge in [-0.2, -0.15) is 4.39 Å². The summed E-state index contributed by atoms with van der Waals surface area (Å²) >= 11 is 0. The molecule has 0 unspecified atom stereocenters. The number of imidazole rings is 1. The van der Waals surface area contributed by atoms with E-state index < -0.39 is 23.2 Å². The highest BCUT2D eigenvalue weighted by molar-refractivity contribution is 5.97. The summed E-state index contributed by atoms with van der Waals surface area (Å²) in [6.45, 7) is 6.35. The molecule has 7 N–H and O–H groups in total. The fraction of sp³-hybridized carbons (Fsp3) is 0.375. The average Bonchev–Trinajstić information content (AvgIpc) is 3.45. The highest BCUT2D eigenvalue weighted by Crippen LogP contribution is 2.31. The zero-order chi connectivity index (χ0) is 32.7. The molecule has 13 heteroatoms. The lowest BCUT2D eigenvalue weighted by atomic mass is 10.00. The fourth-order valence-corrected chi connectivity index (χ4v) is 4.91. The van der Waals surface area contributed by atoms with E-state index in [1.165, 1.54) is 31.6 Å². The van der Waals surface area contributed by atoms with Crippen LogP contribution in [0.5, 0.6) is 5.75 Å². The van der Waals surface area contributed by atoms with Crippen LogP contribution in [0.2, 0.25) is 0 Å². The van der Waals surface area contributed by atoms with Crippen molar-refractivity contribution in [1.29, 1.82) is 0 Å². The maximum absolute atomic E-state index is 14.9. The van der Waals surface area contributed by atoms with Gasteiger partial charge in [0, 0.05) is 35.8 Å². The summed E-state index contributed by atoms with van der Waals surface area (Å²) in [6.07, 6.45) is 7.26. The molecular weight excluding hydrogens is 582 g/mol. The van der Waals surface area contributed by atoms with Gasteiger partial charge in [0.25, 0.3) is 5.91 Å². The summed E-state index contributed by atoms with van der Waals surface area (Å²) in [6, 6.07) is 7.46. The van der Waals surface area contributed by atoms with Crippen molar-refractivity contribution < 1.29 is 23.1 Å². The van der Waals surface area contributed by atoms with Crippen molar-refractivity contribution in [3.05, 3.63) is 71.7 Å². The number of unbranched alkanes of at least 4 members (excludes halogenated alkanes) is 1. The first-order valence-corrected chi connectivity index (χ1v) is 14.8. The van der Waals surface area contributed by atoms with Gasteiger partial charge in [-0.1, -0.05) is 13.3 Å². The lowest BCUT2D eigenvalue weighted by Crippen LogP contribution is -2.53. The zero-order valence-electron chi connectivity index (χ0n) is 25.9. The van der Waals surface area contributed by atoms with E-state index >= 15 is 0 Å². The van der Waals surface area contributed by atoms with Gasteiger partial charge >= 0.3 is 0 Å². The molecule has 4 aromatic rings. The fourth-order valence-electron chi connectivity index (χ4n) is 4.91. The molecule has 0 saturated carbocycles. The van der Waals surface area contributed by atoms with Gasteiger partial charge in [0.2, 0.25) is 11.7 Å². The number of rotatable bonds is 14. The second-order valence-corrected chi connectivity index (χ2v) is 11.4. The van der Waals surface area contributed by atoms with Crippen molar-refractivity contribution in [2.24, 2.45) is 11.5 Å². The van der Waals surface area contributed by atoms with E-state index in [2.05, 4.69) is 25.9 Å². The van der Waals surface area contributed by atoms with Gasteiger partial charge in [-0.15, -0.1) is 0 Å². The van der Waals surface area contributed by atoms with Crippen molar-refractivity contribution in [2.45, 2.75) is 58.0 Å². The molecule has 240 valence electrons. The molecule has 0 aliphatic carbocycles. The zero-order valence-corrected chi connectivity index (χ0v) is 25.9. The number of nitrogens with one attached hydrogen (secondary N) is 3. The van der Waals surface area contributed by atoms with Crippen LogP contribution >= 0.6 is 0 Å². The molecule has 0 fully saturated rings. The number of aromatic nitrogens is 3. The van der Waals surface area contributed by atoms with Gasteiger partial charge in [0.05, 0.1) is 30.6 Å². The second-order valence-electron chi connectivity index (χ2n) is 11.4. The SMILES string of the molecule is CCc1cc(Nc2nccn3c(-c4ccc(OC)c(F)c4F)cnc23)ccc1C(=O)NC(C)(C)CNC(=O)[C@@H](N)CCCCN. The first-order chi connectivity index (χ1) is 21.5. The smallest absolute Gasteiger partial charge is 0.252 e. The Balaban J connectivity index is 1.48. The minimum Gasteiger partial charge on any atom is -0.494 e. The van der Waals surface area contributed by atoms with Crippen LogP contribution in [-0.4, -0.2) is 58.0 Å².